The molecule has 2 rings (SSSR count). The molecular weight excluding hydrogens is 274 g/mol. The number of nitrogens with one attached hydrogen (secondary N) is 1. The van der Waals surface area contributed by atoms with Gasteiger partial charge in [-0.2, -0.15) is 0 Å². The van der Waals surface area contributed by atoms with Gasteiger partial charge in [0.05, 0.1) is 0 Å². The summed E-state index contributed by atoms with van der Waals surface area (Å²) in [5.74, 6) is 1.31. The van der Waals surface area contributed by atoms with Crippen LogP contribution in [0.2, 0.25) is 0 Å². The number of carbonyl (C=O) groups is 1. The van der Waals surface area contributed by atoms with Gasteiger partial charge in [-0.05, 0) is 41.9 Å². The van der Waals surface area contributed by atoms with Crippen LogP contribution < -0.4 is 10.1 Å². The number of rotatable bonds is 4. The number of benzene rings is 1. The lowest BCUT2D eigenvalue weighted by Crippen LogP contribution is -2.43. The third-order valence-electron chi connectivity index (χ3n) is 4.55. The van der Waals surface area contributed by atoms with Crippen molar-refractivity contribution in [1.82, 2.24) is 5.32 Å². The van der Waals surface area contributed by atoms with Crippen LogP contribution in [0, 0.1) is 5.92 Å². The van der Waals surface area contributed by atoms with Crippen LogP contribution in [0.1, 0.15) is 58.9 Å². The van der Waals surface area contributed by atoms with Crippen LogP contribution in [0.5, 0.6) is 5.75 Å². The quantitative estimate of drug-likeness (QED) is 0.911. The maximum absolute atomic E-state index is 12.0. The number of hydrogen-bond donors (Lipinski definition) is 1. The molecule has 0 unspecified atom stereocenters. The van der Waals surface area contributed by atoms with Crippen LogP contribution in [0.4, 0.5) is 0 Å². The molecular formula is C19H29NO2. The lowest BCUT2D eigenvalue weighted by atomic mass is 9.86. The first-order valence-electron chi connectivity index (χ1n) is 8.39. The van der Waals surface area contributed by atoms with Crippen LogP contribution >= 0.6 is 0 Å². The van der Waals surface area contributed by atoms with E-state index in [0.29, 0.717) is 12.0 Å². The van der Waals surface area contributed by atoms with Crippen molar-refractivity contribution < 1.29 is 9.53 Å². The molecule has 1 aliphatic rings. The summed E-state index contributed by atoms with van der Waals surface area (Å²) in [6.45, 7) is 8.86. The molecule has 2 atom stereocenters. The van der Waals surface area contributed by atoms with E-state index < -0.39 is 0 Å². The Hall–Kier alpha value is -1.51. The number of amides is 1. The van der Waals surface area contributed by atoms with Gasteiger partial charge >= 0.3 is 0 Å². The van der Waals surface area contributed by atoms with Gasteiger partial charge in [0.15, 0.2) is 6.61 Å². The van der Waals surface area contributed by atoms with Crippen LogP contribution in [-0.2, 0) is 10.2 Å². The Morgan fingerprint density at radius 3 is 2.41 bits per heavy atom. The number of hydrogen-bond acceptors (Lipinski definition) is 2. The molecule has 1 aliphatic carbocycles. The highest BCUT2D eigenvalue weighted by Crippen LogP contribution is 2.25. The van der Waals surface area contributed by atoms with Crippen molar-refractivity contribution in [3.8, 4) is 5.75 Å². The van der Waals surface area contributed by atoms with Crippen LogP contribution in [0.25, 0.3) is 0 Å². The van der Waals surface area contributed by atoms with Gasteiger partial charge in [-0.1, -0.05) is 52.7 Å². The molecule has 1 aromatic carbocycles. The third kappa shape index (κ3) is 4.75. The summed E-state index contributed by atoms with van der Waals surface area (Å²) >= 11 is 0. The van der Waals surface area contributed by atoms with E-state index in [1.54, 1.807) is 0 Å². The molecule has 0 heterocycles. The highest BCUT2D eigenvalue weighted by atomic mass is 16.5. The molecule has 1 amide bonds. The first kappa shape index (κ1) is 16.9. The van der Waals surface area contributed by atoms with Crippen molar-refractivity contribution in [3.63, 3.8) is 0 Å². The van der Waals surface area contributed by atoms with Crippen molar-refractivity contribution in [3.05, 3.63) is 29.8 Å². The van der Waals surface area contributed by atoms with E-state index in [-0.39, 0.29) is 17.9 Å². The molecule has 3 nitrogen and oxygen atoms in total. The molecule has 1 aromatic rings. The van der Waals surface area contributed by atoms with Crippen LogP contribution in [0.15, 0.2) is 24.3 Å². The topological polar surface area (TPSA) is 38.3 Å². The van der Waals surface area contributed by atoms with Crippen LogP contribution in [0.3, 0.4) is 0 Å². The second-order valence-electron chi connectivity index (χ2n) is 7.50. The Labute approximate surface area is 134 Å². The number of ether oxygens (including phenoxy) is 1. The van der Waals surface area contributed by atoms with Gasteiger partial charge < -0.3 is 10.1 Å². The second kappa shape index (κ2) is 7.17. The average Bonchev–Trinajstić information content (AvgIpc) is 2.47. The fraction of sp³-hybridized carbons (Fsp3) is 0.632. The van der Waals surface area contributed by atoms with Crippen LogP contribution in [-0.4, -0.2) is 18.6 Å². The zero-order valence-electron chi connectivity index (χ0n) is 14.3. The lowest BCUT2D eigenvalue weighted by Gasteiger charge is -2.29. The fourth-order valence-corrected chi connectivity index (χ4v) is 2.98. The monoisotopic (exact) mass is 303 g/mol. The molecule has 3 heteroatoms. The van der Waals surface area contributed by atoms with Crippen molar-refractivity contribution in [1.29, 1.82) is 0 Å². The summed E-state index contributed by atoms with van der Waals surface area (Å²) < 4.78 is 5.60. The molecule has 1 N–H and O–H groups in total. The van der Waals surface area contributed by atoms with E-state index in [1.807, 2.05) is 12.1 Å². The van der Waals surface area contributed by atoms with Gasteiger partial charge in [-0.25, -0.2) is 0 Å². The molecule has 0 saturated heterocycles. The second-order valence-corrected chi connectivity index (χ2v) is 7.50. The van der Waals surface area contributed by atoms with Gasteiger partial charge in [-0.3, -0.25) is 4.79 Å². The van der Waals surface area contributed by atoms with E-state index in [9.17, 15) is 4.79 Å². The van der Waals surface area contributed by atoms with Gasteiger partial charge in [0, 0.05) is 6.04 Å². The Morgan fingerprint density at radius 2 is 1.82 bits per heavy atom. The summed E-state index contributed by atoms with van der Waals surface area (Å²) in [5.41, 5.74) is 1.40. The van der Waals surface area contributed by atoms with Crippen molar-refractivity contribution >= 4 is 5.91 Å². The lowest BCUT2D eigenvalue weighted by molar-refractivity contribution is -0.124. The maximum Gasteiger partial charge on any atom is 0.258 e. The third-order valence-corrected chi connectivity index (χ3v) is 4.55. The van der Waals surface area contributed by atoms with E-state index in [1.165, 1.54) is 24.8 Å². The molecule has 0 spiro atoms. The molecule has 0 aromatic heterocycles. The fourth-order valence-electron chi connectivity index (χ4n) is 2.98. The zero-order valence-corrected chi connectivity index (χ0v) is 14.3. The highest BCUT2D eigenvalue weighted by Gasteiger charge is 2.22. The van der Waals surface area contributed by atoms with Gasteiger partial charge in [-0.15, -0.1) is 0 Å². The first-order chi connectivity index (χ1) is 10.4. The maximum atomic E-state index is 12.0. The van der Waals surface area contributed by atoms with Crippen molar-refractivity contribution in [2.45, 2.75) is 64.8 Å². The molecule has 122 valence electrons. The predicted molar refractivity (Wildman–Crippen MR) is 90.2 cm³/mol. The van der Waals surface area contributed by atoms with Gasteiger partial charge in [0.25, 0.3) is 5.91 Å². The summed E-state index contributed by atoms with van der Waals surface area (Å²) in [7, 11) is 0. The van der Waals surface area contributed by atoms with Crippen molar-refractivity contribution in [2.75, 3.05) is 6.61 Å². The molecule has 0 bridgehead atoms. The molecule has 1 saturated carbocycles. The first-order valence-corrected chi connectivity index (χ1v) is 8.39. The summed E-state index contributed by atoms with van der Waals surface area (Å²) in [5, 5.41) is 3.11. The minimum absolute atomic E-state index is 0.0151. The minimum Gasteiger partial charge on any atom is -0.484 e. The Balaban J connectivity index is 1.81. The zero-order chi connectivity index (χ0) is 16.2. The summed E-state index contributed by atoms with van der Waals surface area (Å²) in [4.78, 5) is 12.0. The van der Waals surface area contributed by atoms with Gasteiger partial charge in [0.1, 0.15) is 5.75 Å². The normalized spacial score (nSPS) is 22.2. The SMILES string of the molecule is C[C@H]1CCCC[C@@H]1NC(=O)COc1ccc(C(C)(C)C)cc1. The summed E-state index contributed by atoms with van der Waals surface area (Å²) in [6, 6.07) is 8.33. The van der Waals surface area contributed by atoms with E-state index >= 15 is 0 Å². The number of carbonyl (C=O) groups excluding carboxylic acids is 1. The minimum atomic E-state index is -0.0151. The molecule has 1 fully saturated rings. The Morgan fingerprint density at radius 1 is 1.18 bits per heavy atom. The van der Waals surface area contributed by atoms with Crippen molar-refractivity contribution in [2.24, 2.45) is 5.92 Å². The Bertz CT molecular complexity index is 487. The smallest absolute Gasteiger partial charge is 0.258 e. The largest absolute Gasteiger partial charge is 0.484 e. The molecule has 0 aliphatic heterocycles. The Kier molecular flexibility index (Phi) is 5.49. The van der Waals surface area contributed by atoms with E-state index in [4.69, 9.17) is 4.74 Å². The standard InChI is InChI=1S/C19H29NO2/c1-14-7-5-6-8-17(14)20-18(21)13-22-16-11-9-15(10-12-16)19(2,3)4/h9-12,14,17H,5-8,13H2,1-4H3,(H,20,21)/t14-,17-/m0/s1. The molecule has 22 heavy (non-hydrogen) atoms. The van der Waals surface area contributed by atoms with E-state index in [2.05, 4.69) is 45.1 Å². The van der Waals surface area contributed by atoms with Gasteiger partial charge in [0.2, 0.25) is 0 Å². The average molecular weight is 303 g/mol. The van der Waals surface area contributed by atoms with E-state index in [0.717, 1.165) is 12.2 Å². The predicted octanol–water partition coefficient (Wildman–Crippen LogP) is 4.06. The molecule has 0 radical (unpaired) electrons. The summed E-state index contributed by atoms with van der Waals surface area (Å²) in [6.07, 6.45) is 4.79. The highest BCUT2D eigenvalue weighted by molar-refractivity contribution is 5.77.